The van der Waals surface area contributed by atoms with Crippen LogP contribution in [0, 0.1) is 0 Å². The molecule has 104 valence electrons. The molecule has 1 aromatic heterocycles. The van der Waals surface area contributed by atoms with Crippen LogP contribution in [0.4, 0.5) is 0 Å². The van der Waals surface area contributed by atoms with Crippen molar-refractivity contribution in [3.63, 3.8) is 0 Å². The van der Waals surface area contributed by atoms with E-state index in [9.17, 15) is 9.59 Å². The van der Waals surface area contributed by atoms with Crippen LogP contribution in [-0.4, -0.2) is 58.7 Å². The fourth-order valence-corrected chi connectivity index (χ4v) is 1.98. The summed E-state index contributed by atoms with van der Waals surface area (Å²) < 4.78 is 1.82. The van der Waals surface area contributed by atoms with Crippen molar-refractivity contribution in [1.29, 1.82) is 0 Å². The lowest BCUT2D eigenvalue weighted by molar-refractivity contribution is -0.137. The lowest BCUT2D eigenvalue weighted by atomic mass is 10.3. The number of hydrogen-bond acceptors (Lipinski definition) is 4. The van der Waals surface area contributed by atoms with E-state index in [0.717, 1.165) is 0 Å². The fourth-order valence-electron chi connectivity index (χ4n) is 1.98. The topological polar surface area (TPSA) is 79.3 Å². The van der Waals surface area contributed by atoms with Gasteiger partial charge in [0.2, 0.25) is 11.8 Å². The van der Waals surface area contributed by atoms with Crippen LogP contribution in [0.3, 0.4) is 0 Å². The Morgan fingerprint density at radius 3 is 3.16 bits per heavy atom. The second kappa shape index (κ2) is 6.33. The largest absolute Gasteiger partial charge is 0.353 e. The highest BCUT2D eigenvalue weighted by Crippen LogP contribution is 1.95. The monoisotopic (exact) mass is 265 g/mol. The summed E-state index contributed by atoms with van der Waals surface area (Å²) in [5.74, 6) is -0.133. The second-order valence-corrected chi connectivity index (χ2v) is 4.68. The molecule has 2 rings (SSSR count). The number of hydrogen-bond donors (Lipinski definition) is 2. The SMILES string of the molecule is C[C@@H](Cn1cccn1)NCC(=O)N1CCNC(=O)C1. The van der Waals surface area contributed by atoms with Gasteiger partial charge in [-0.2, -0.15) is 5.10 Å². The maximum absolute atomic E-state index is 11.9. The normalized spacial score (nSPS) is 17.1. The minimum Gasteiger partial charge on any atom is -0.353 e. The predicted molar refractivity (Wildman–Crippen MR) is 69.3 cm³/mol. The molecular formula is C12H19N5O2. The number of amides is 2. The molecule has 0 radical (unpaired) electrons. The van der Waals surface area contributed by atoms with Crippen molar-refractivity contribution in [1.82, 2.24) is 25.3 Å². The third-order valence-corrected chi connectivity index (χ3v) is 3.01. The van der Waals surface area contributed by atoms with Crippen LogP contribution >= 0.6 is 0 Å². The molecule has 0 aromatic carbocycles. The molecule has 1 aliphatic heterocycles. The van der Waals surface area contributed by atoms with E-state index >= 15 is 0 Å². The van der Waals surface area contributed by atoms with E-state index in [-0.39, 0.29) is 30.9 Å². The van der Waals surface area contributed by atoms with Gasteiger partial charge in [-0.3, -0.25) is 14.3 Å². The quantitative estimate of drug-likeness (QED) is 0.702. The Hall–Kier alpha value is -1.89. The molecule has 1 fully saturated rings. The Morgan fingerprint density at radius 2 is 2.47 bits per heavy atom. The molecule has 0 aliphatic carbocycles. The highest BCUT2D eigenvalue weighted by atomic mass is 16.2. The molecule has 2 N–H and O–H groups in total. The summed E-state index contributed by atoms with van der Waals surface area (Å²) in [6, 6.07) is 2.01. The van der Waals surface area contributed by atoms with Gasteiger partial charge in [0.25, 0.3) is 0 Å². The first-order chi connectivity index (χ1) is 9.15. The minimum atomic E-state index is -0.0933. The zero-order valence-electron chi connectivity index (χ0n) is 11.0. The summed E-state index contributed by atoms with van der Waals surface area (Å²) in [5, 5.41) is 9.96. The third-order valence-electron chi connectivity index (χ3n) is 3.01. The molecule has 2 heterocycles. The van der Waals surface area contributed by atoms with Gasteiger partial charge in [-0.1, -0.05) is 0 Å². The molecule has 0 spiro atoms. The summed E-state index contributed by atoms with van der Waals surface area (Å²) in [4.78, 5) is 24.7. The van der Waals surface area contributed by atoms with Crippen molar-refractivity contribution >= 4 is 11.8 Å². The molecule has 1 aromatic rings. The minimum absolute atomic E-state index is 0.0397. The Labute approximate surface area is 111 Å². The predicted octanol–water partition coefficient (Wildman–Crippen LogP) is -1.18. The standard InChI is InChI=1S/C12H19N5O2/c1-10(8-17-5-2-3-15-17)14-7-12(19)16-6-4-13-11(18)9-16/h2-3,5,10,14H,4,6-9H2,1H3,(H,13,18)/t10-/m0/s1. The maximum Gasteiger partial charge on any atom is 0.239 e. The van der Waals surface area contributed by atoms with Crippen molar-refractivity contribution in [2.45, 2.75) is 19.5 Å². The number of piperazine rings is 1. The van der Waals surface area contributed by atoms with Crippen molar-refractivity contribution in [3.05, 3.63) is 18.5 Å². The maximum atomic E-state index is 11.9. The Bertz CT molecular complexity index is 431. The number of aromatic nitrogens is 2. The van der Waals surface area contributed by atoms with Crippen LogP contribution in [0.2, 0.25) is 0 Å². The van der Waals surface area contributed by atoms with E-state index in [2.05, 4.69) is 15.7 Å². The number of carbonyl (C=O) groups excluding carboxylic acids is 2. The van der Waals surface area contributed by atoms with Gasteiger partial charge in [0.15, 0.2) is 0 Å². The molecule has 1 saturated heterocycles. The molecule has 19 heavy (non-hydrogen) atoms. The molecule has 7 nitrogen and oxygen atoms in total. The smallest absolute Gasteiger partial charge is 0.239 e. The molecule has 0 saturated carbocycles. The number of nitrogens with one attached hydrogen (secondary N) is 2. The van der Waals surface area contributed by atoms with Crippen molar-refractivity contribution in [2.75, 3.05) is 26.2 Å². The number of rotatable bonds is 5. The van der Waals surface area contributed by atoms with E-state index < -0.39 is 0 Å². The summed E-state index contributed by atoms with van der Waals surface area (Å²) in [5.41, 5.74) is 0. The first-order valence-corrected chi connectivity index (χ1v) is 6.40. The van der Waals surface area contributed by atoms with Gasteiger partial charge in [0, 0.05) is 31.5 Å². The summed E-state index contributed by atoms with van der Waals surface area (Å²) >= 11 is 0. The van der Waals surface area contributed by atoms with E-state index in [1.54, 1.807) is 11.1 Å². The first kappa shape index (κ1) is 13.5. The molecule has 1 aliphatic rings. The summed E-state index contributed by atoms with van der Waals surface area (Å²) in [6.45, 7) is 4.23. The van der Waals surface area contributed by atoms with Gasteiger partial charge in [-0.05, 0) is 13.0 Å². The van der Waals surface area contributed by atoms with Crippen molar-refractivity contribution in [2.24, 2.45) is 0 Å². The molecule has 2 amide bonds. The molecule has 1 atom stereocenters. The third kappa shape index (κ3) is 4.06. The Morgan fingerprint density at radius 1 is 1.63 bits per heavy atom. The van der Waals surface area contributed by atoms with Crippen LogP contribution in [-0.2, 0) is 16.1 Å². The fraction of sp³-hybridized carbons (Fsp3) is 0.583. The molecule has 0 bridgehead atoms. The van der Waals surface area contributed by atoms with Crippen molar-refractivity contribution < 1.29 is 9.59 Å². The lowest BCUT2D eigenvalue weighted by Crippen LogP contribution is -2.52. The number of nitrogens with zero attached hydrogens (tertiary/aromatic N) is 3. The van der Waals surface area contributed by atoms with Crippen LogP contribution < -0.4 is 10.6 Å². The van der Waals surface area contributed by atoms with Crippen molar-refractivity contribution in [3.8, 4) is 0 Å². The molecule has 7 heteroatoms. The zero-order chi connectivity index (χ0) is 13.7. The zero-order valence-corrected chi connectivity index (χ0v) is 11.0. The second-order valence-electron chi connectivity index (χ2n) is 4.68. The molecule has 0 unspecified atom stereocenters. The van der Waals surface area contributed by atoms with E-state index in [4.69, 9.17) is 0 Å². The average Bonchev–Trinajstić information content (AvgIpc) is 2.88. The average molecular weight is 265 g/mol. The highest BCUT2D eigenvalue weighted by Gasteiger charge is 2.20. The van der Waals surface area contributed by atoms with Crippen LogP contribution in [0.15, 0.2) is 18.5 Å². The van der Waals surface area contributed by atoms with E-state index in [0.29, 0.717) is 19.6 Å². The Kier molecular flexibility index (Phi) is 4.51. The van der Waals surface area contributed by atoms with Gasteiger partial charge in [-0.15, -0.1) is 0 Å². The van der Waals surface area contributed by atoms with Crippen LogP contribution in [0.25, 0.3) is 0 Å². The van der Waals surface area contributed by atoms with Gasteiger partial charge < -0.3 is 15.5 Å². The highest BCUT2D eigenvalue weighted by molar-refractivity contribution is 5.86. The van der Waals surface area contributed by atoms with Crippen LogP contribution in [0.1, 0.15) is 6.92 Å². The molecular weight excluding hydrogens is 246 g/mol. The van der Waals surface area contributed by atoms with E-state index in [1.165, 1.54) is 0 Å². The van der Waals surface area contributed by atoms with Crippen LogP contribution in [0.5, 0.6) is 0 Å². The first-order valence-electron chi connectivity index (χ1n) is 6.40. The van der Waals surface area contributed by atoms with Gasteiger partial charge in [-0.25, -0.2) is 0 Å². The van der Waals surface area contributed by atoms with E-state index in [1.807, 2.05) is 23.9 Å². The van der Waals surface area contributed by atoms with Gasteiger partial charge in [0.05, 0.1) is 19.6 Å². The Balaban J connectivity index is 1.72. The lowest BCUT2D eigenvalue weighted by Gasteiger charge is -2.27. The number of carbonyl (C=O) groups is 2. The summed E-state index contributed by atoms with van der Waals surface area (Å²) in [7, 11) is 0. The van der Waals surface area contributed by atoms with Gasteiger partial charge >= 0.3 is 0 Å². The van der Waals surface area contributed by atoms with Gasteiger partial charge in [0.1, 0.15) is 0 Å². The summed E-state index contributed by atoms with van der Waals surface area (Å²) in [6.07, 6.45) is 3.61.